The van der Waals surface area contributed by atoms with E-state index >= 15 is 0 Å². The summed E-state index contributed by atoms with van der Waals surface area (Å²) in [7, 11) is 0. The third kappa shape index (κ3) is 9.86. The minimum absolute atomic E-state index is 0.0696. The van der Waals surface area contributed by atoms with E-state index in [0.29, 0.717) is 11.7 Å². The molecule has 0 radical (unpaired) electrons. The Morgan fingerprint density at radius 3 is 2.18 bits per heavy atom. The van der Waals surface area contributed by atoms with Crippen molar-refractivity contribution in [3.63, 3.8) is 0 Å². The summed E-state index contributed by atoms with van der Waals surface area (Å²) in [4.78, 5) is 41.0. The van der Waals surface area contributed by atoms with Crippen molar-refractivity contribution < 1.29 is 55.7 Å². The number of anilines is 1. The van der Waals surface area contributed by atoms with Crippen molar-refractivity contribution in [2.24, 2.45) is 0 Å². The zero-order valence-electron chi connectivity index (χ0n) is 19.3. The van der Waals surface area contributed by atoms with E-state index in [9.17, 15) is 31.1 Å². The van der Waals surface area contributed by atoms with Gasteiger partial charge in [0.2, 0.25) is 0 Å². The molecule has 0 aliphatic carbocycles. The summed E-state index contributed by atoms with van der Waals surface area (Å²) < 4.78 is 69.6. The molecule has 2 aliphatic heterocycles. The maximum absolute atomic E-state index is 12.4. The molecule has 2 fully saturated rings. The predicted octanol–water partition coefficient (Wildman–Crippen LogP) is 3.57. The molecule has 3 N–H and O–H groups in total. The number of halogens is 6. The minimum atomic E-state index is -5.08. The molecule has 4 rings (SSSR count). The first-order valence-corrected chi connectivity index (χ1v) is 11.7. The number of carboxylic acids is 2. The Labute approximate surface area is 215 Å². The van der Waals surface area contributed by atoms with Crippen molar-refractivity contribution in [1.29, 1.82) is 0 Å². The van der Waals surface area contributed by atoms with Gasteiger partial charge in [0.25, 0.3) is 5.91 Å². The van der Waals surface area contributed by atoms with Crippen LogP contribution < -0.4 is 5.32 Å². The Hall–Kier alpha value is -3.31. The van der Waals surface area contributed by atoms with Gasteiger partial charge >= 0.3 is 24.3 Å². The van der Waals surface area contributed by atoms with Gasteiger partial charge in [-0.05, 0) is 31.4 Å². The molecule has 38 heavy (non-hydrogen) atoms. The van der Waals surface area contributed by atoms with Crippen molar-refractivity contribution in [3.8, 4) is 0 Å². The number of fused-ring (bicyclic) bond motifs is 1. The molecular formula is C21H22F6N4O6S. The zero-order chi connectivity index (χ0) is 28.5. The smallest absolute Gasteiger partial charge is 0.475 e. The van der Waals surface area contributed by atoms with Gasteiger partial charge in [-0.1, -0.05) is 0 Å². The van der Waals surface area contributed by atoms with Gasteiger partial charge in [-0.25, -0.2) is 14.6 Å². The first-order chi connectivity index (χ1) is 17.7. The van der Waals surface area contributed by atoms with Crippen LogP contribution in [0, 0.1) is 0 Å². The largest absolute Gasteiger partial charge is 0.490 e. The molecule has 0 spiro atoms. The van der Waals surface area contributed by atoms with Gasteiger partial charge in [0, 0.05) is 30.4 Å². The molecule has 0 bridgehead atoms. The lowest BCUT2D eigenvalue weighted by molar-refractivity contribution is -0.193. The molecule has 10 nitrogen and oxygen atoms in total. The Bertz CT molecular complexity index is 1030. The zero-order valence-corrected chi connectivity index (χ0v) is 20.1. The number of nitrogens with one attached hydrogen (secondary N) is 1. The molecule has 4 heterocycles. The number of pyridine rings is 1. The summed E-state index contributed by atoms with van der Waals surface area (Å²) >= 11 is 1.69. The molecule has 0 aromatic carbocycles. The number of aliphatic carboxylic acids is 2. The number of carbonyl (C=O) groups is 3. The summed E-state index contributed by atoms with van der Waals surface area (Å²) in [5.41, 5.74) is 0.713. The molecule has 17 heteroatoms. The molecule has 0 saturated carbocycles. The van der Waals surface area contributed by atoms with Crippen LogP contribution in [0.25, 0.3) is 0 Å². The highest BCUT2D eigenvalue weighted by atomic mass is 32.1. The summed E-state index contributed by atoms with van der Waals surface area (Å²) in [5.74, 6) is -5.58. The Morgan fingerprint density at radius 2 is 1.68 bits per heavy atom. The second-order valence-corrected chi connectivity index (χ2v) is 8.81. The lowest BCUT2D eigenvalue weighted by Gasteiger charge is -2.35. The Kier molecular flexibility index (Phi) is 11.0. The Morgan fingerprint density at radius 1 is 1.05 bits per heavy atom. The highest BCUT2D eigenvalue weighted by Gasteiger charge is 2.42. The van der Waals surface area contributed by atoms with Gasteiger partial charge in [0.15, 0.2) is 0 Å². The molecule has 2 aromatic rings. The van der Waals surface area contributed by atoms with E-state index in [2.05, 4.69) is 20.2 Å². The van der Waals surface area contributed by atoms with Crippen molar-refractivity contribution in [1.82, 2.24) is 14.9 Å². The lowest BCUT2D eigenvalue weighted by Crippen LogP contribution is -2.46. The van der Waals surface area contributed by atoms with Crippen LogP contribution in [-0.2, 0) is 25.7 Å². The van der Waals surface area contributed by atoms with Crippen LogP contribution in [0.2, 0.25) is 0 Å². The molecule has 0 unspecified atom stereocenters. The first-order valence-electron chi connectivity index (χ1n) is 10.8. The number of likely N-dealkylation sites (tertiary alicyclic amines) is 1. The van der Waals surface area contributed by atoms with E-state index in [4.69, 9.17) is 24.5 Å². The predicted molar refractivity (Wildman–Crippen MR) is 119 cm³/mol. The second-order valence-electron chi connectivity index (χ2n) is 7.83. The fraction of sp³-hybridized carbons (Fsp3) is 0.476. The molecular weight excluding hydrogens is 550 g/mol. The standard InChI is InChI=1S/C17H20N4O2S.2C2HF3O2/c22-17(20-12-2-1-6-18-10-12)15-4-3-13-14(23-15)5-8-21(13)11-16-19-7-9-24-16;2*3-2(4,5)1(6)7/h1-2,6-7,9-10,13-15H,3-5,8,11H2,(H,20,22);2*(H,6,7)/t13-,14-,15-;;/m1../s1. The average Bonchev–Trinajstić information content (AvgIpc) is 3.49. The van der Waals surface area contributed by atoms with Crippen LogP contribution in [0.15, 0.2) is 36.1 Å². The highest BCUT2D eigenvalue weighted by Crippen LogP contribution is 2.33. The van der Waals surface area contributed by atoms with Crippen LogP contribution in [0.5, 0.6) is 0 Å². The van der Waals surface area contributed by atoms with Gasteiger partial charge in [-0.15, -0.1) is 11.3 Å². The second kappa shape index (κ2) is 13.5. The fourth-order valence-electron chi connectivity index (χ4n) is 3.57. The number of amides is 1. The summed E-state index contributed by atoms with van der Waals surface area (Å²) in [6.45, 7) is 1.89. The lowest BCUT2D eigenvalue weighted by atomic mass is 9.98. The van der Waals surface area contributed by atoms with Gasteiger partial charge in [0.1, 0.15) is 11.1 Å². The van der Waals surface area contributed by atoms with E-state index < -0.39 is 24.3 Å². The van der Waals surface area contributed by atoms with E-state index in [1.165, 1.54) is 0 Å². The number of hydrogen-bond acceptors (Lipinski definition) is 8. The van der Waals surface area contributed by atoms with E-state index in [1.54, 1.807) is 29.8 Å². The first kappa shape index (κ1) is 30.9. The highest BCUT2D eigenvalue weighted by molar-refractivity contribution is 7.09. The van der Waals surface area contributed by atoms with Crippen molar-refractivity contribution in [2.45, 2.75) is 56.4 Å². The normalized spacial score (nSPS) is 21.2. The summed E-state index contributed by atoms with van der Waals surface area (Å²) in [6.07, 6.45) is -2.49. The van der Waals surface area contributed by atoms with Crippen LogP contribution in [-0.4, -0.2) is 80.1 Å². The Balaban J connectivity index is 0.000000301. The molecule has 2 aromatic heterocycles. The number of rotatable bonds is 4. The third-order valence-corrected chi connectivity index (χ3v) is 5.96. The quantitative estimate of drug-likeness (QED) is 0.469. The van der Waals surface area contributed by atoms with E-state index in [1.807, 2.05) is 17.6 Å². The van der Waals surface area contributed by atoms with Crippen LogP contribution >= 0.6 is 11.3 Å². The molecule has 2 aliphatic rings. The van der Waals surface area contributed by atoms with Crippen LogP contribution in [0.3, 0.4) is 0 Å². The maximum atomic E-state index is 12.4. The molecule has 3 atom stereocenters. The van der Waals surface area contributed by atoms with Crippen LogP contribution in [0.1, 0.15) is 24.3 Å². The van der Waals surface area contributed by atoms with Crippen LogP contribution in [0.4, 0.5) is 32.0 Å². The topological polar surface area (TPSA) is 142 Å². The fourth-order valence-corrected chi connectivity index (χ4v) is 4.21. The number of ether oxygens (including phenoxy) is 1. The number of carbonyl (C=O) groups excluding carboxylic acids is 1. The number of thiazole rings is 1. The van der Waals surface area contributed by atoms with Gasteiger partial charge in [0.05, 0.1) is 24.5 Å². The monoisotopic (exact) mass is 572 g/mol. The van der Waals surface area contributed by atoms with Gasteiger partial charge in [-0.2, -0.15) is 26.3 Å². The summed E-state index contributed by atoms with van der Waals surface area (Å²) in [6, 6.07) is 4.04. The van der Waals surface area contributed by atoms with E-state index in [0.717, 1.165) is 37.4 Å². The number of nitrogens with zero attached hydrogens (tertiary/aromatic N) is 3. The van der Waals surface area contributed by atoms with Crippen molar-refractivity contribution >= 4 is 34.9 Å². The molecule has 210 valence electrons. The molecule has 1 amide bonds. The third-order valence-electron chi connectivity index (χ3n) is 5.19. The van der Waals surface area contributed by atoms with Gasteiger partial charge < -0.3 is 20.3 Å². The SMILES string of the molecule is O=C(Nc1cccnc1)[C@H]1CC[C@@H]2[C@@H](CCN2Cc2nccs2)O1.O=C(O)C(F)(F)F.O=C(O)C(F)(F)F. The van der Waals surface area contributed by atoms with Gasteiger partial charge in [-0.3, -0.25) is 14.7 Å². The summed E-state index contributed by atoms with van der Waals surface area (Å²) in [5, 5.41) is 20.3. The van der Waals surface area contributed by atoms with Crippen molar-refractivity contribution in [2.75, 3.05) is 11.9 Å². The number of hydrogen-bond donors (Lipinski definition) is 3. The maximum Gasteiger partial charge on any atom is 0.490 e. The van der Waals surface area contributed by atoms with Crippen molar-refractivity contribution in [3.05, 3.63) is 41.1 Å². The number of carboxylic acid groups (broad SMARTS) is 2. The number of alkyl halides is 6. The average molecular weight is 572 g/mol. The molecule has 2 saturated heterocycles. The minimum Gasteiger partial charge on any atom is -0.475 e. The number of aromatic nitrogens is 2. The van der Waals surface area contributed by atoms with E-state index in [-0.39, 0.29) is 18.1 Å².